The predicted octanol–water partition coefficient (Wildman–Crippen LogP) is 1.45. The molecule has 0 spiro atoms. The van der Waals surface area contributed by atoms with Gasteiger partial charge in [-0.2, -0.15) is 0 Å². The Labute approximate surface area is 105 Å². The minimum absolute atomic E-state index is 0.478. The van der Waals surface area contributed by atoms with Gasteiger partial charge in [-0.25, -0.2) is 13.6 Å². The van der Waals surface area contributed by atoms with E-state index >= 15 is 0 Å². The van der Waals surface area contributed by atoms with Crippen LogP contribution in [0.4, 0.5) is 11.4 Å². The molecule has 8 heteroatoms. The van der Waals surface area contributed by atoms with Crippen LogP contribution in [-0.4, -0.2) is 19.9 Å². The second-order valence-electron chi connectivity index (χ2n) is 3.76. The number of nitro groups is 1. The Morgan fingerprint density at radius 3 is 2.61 bits per heavy atom. The quantitative estimate of drug-likeness (QED) is 0.462. The summed E-state index contributed by atoms with van der Waals surface area (Å²) in [6.45, 7) is 2.69. The maximum atomic E-state index is 11.2. The standard InChI is InChI=1S/C10H15N3O4S/c1-2-3-6-12-8-4-5-10(18(11,16)17)9(7-8)13(14)15/h4-5,7,12H,2-3,6H2,1H3,(H2,11,16,17). The summed E-state index contributed by atoms with van der Waals surface area (Å²) < 4.78 is 22.4. The van der Waals surface area contributed by atoms with Crippen molar-refractivity contribution in [3.63, 3.8) is 0 Å². The Bertz CT molecular complexity index is 542. The van der Waals surface area contributed by atoms with Crippen molar-refractivity contribution in [1.82, 2.24) is 0 Å². The Morgan fingerprint density at radius 2 is 2.11 bits per heavy atom. The second-order valence-corrected chi connectivity index (χ2v) is 5.29. The van der Waals surface area contributed by atoms with Gasteiger partial charge in [0.1, 0.15) is 0 Å². The van der Waals surface area contributed by atoms with Crippen LogP contribution in [0.1, 0.15) is 19.8 Å². The van der Waals surface area contributed by atoms with E-state index in [2.05, 4.69) is 5.32 Å². The van der Waals surface area contributed by atoms with Crippen molar-refractivity contribution in [2.24, 2.45) is 5.14 Å². The van der Waals surface area contributed by atoms with Crippen molar-refractivity contribution in [3.05, 3.63) is 28.3 Å². The van der Waals surface area contributed by atoms with E-state index < -0.39 is 25.5 Å². The fourth-order valence-electron chi connectivity index (χ4n) is 1.42. The molecule has 0 bridgehead atoms. The molecule has 0 aliphatic carbocycles. The molecule has 0 saturated carbocycles. The number of nitrogens with zero attached hydrogens (tertiary/aromatic N) is 1. The molecule has 0 aromatic heterocycles. The molecule has 0 radical (unpaired) electrons. The van der Waals surface area contributed by atoms with Crippen LogP contribution in [0.5, 0.6) is 0 Å². The summed E-state index contributed by atoms with van der Waals surface area (Å²) in [5.74, 6) is 0. The van der Waals surface area contributed by atoms with Gasteiger partial charge in [-0.3, -0.25) is 10.1 Å². The normalized spacial score (nSPS) is 11.2. The van der Waals surface area contributed by atoms with Crippen molar-refractivity contribution in [3.8, 4) is 0 Å². The topological polar surface area (TPSA) is 115 Å². The first-order valence-corrected chi connectivity index (χ1v) is 6.96. The van der Waals surface area contributed by atoms with Crippen molar-refractivity contribution < 1.29 is 13.3 Å². The van der Waals surface area contributed by atoms with E-state index in [-0.39, 0.29) is 0 Å². The molecule has 0 amide bonds. The monoisotopic (exact) mass is 273 g/mol. The molecular formula is C10H15N3O4S. The number of nitrogens with one attached hydrogen (secondary N) is 1. The molecule has 1 aromatic carbocycles. The summed E-state index contributed by atoms with van der Waals surface area (Å²) in [5.41, 5.74) is -0.0125. The molecule has 3 N–H and O–H groups in total. The molecule has 100 valence electrons. The van der Waals surface area contributed by atoms with Crippen molar-refractivity contribution in [1.29, 1.82) is 0 Å². The number of unbranched alkanes of at least 4 members (excludes halogenated alkanes) is 1. The van der Waals surface area contributed by atoms with Crippen LogP contribution in [0.3, 0.4) is 0 Å². The third kappa shape index (κ3) is 3.67. The summed E-state index contributed by atoms with van der Waals surface area (Å²) in [6.07, 6.45) is 1.91. The summed E-state index contributed by atoms with van der Waals surface area (Å²) in [4.78, 5) is 9.57. The van der Waals surface area contributed by atoms with E-state index in [0.717, 1.165) is 18.9 Å². The first-order valence-electron chi connectivity index (χ1n) is 5.41. The number of rotatable bonds is 6. The van der Waals surface area contributed by atoms with Gasteiger partial charge in [0.05, 0.1) is 4.92 Å². The van der Waals surface area contributed by atoms with Crippen LogP contribution in [-0.2, 0) is 10.0 Å². The van der Waals surface area contributed by atoms with Crippen LogP contribution < -0.4 is 10.5 Å². The number of primary sulfonamides is 1. The first kappa shape index (κ1) is 14.4. The molecule has 1 rings (SSSR count). The summed E-state index contributed by atoms with van der Waals surface area (Å²) in [5, 5.41) is 18.7. The van der Waals surface area contributed by atoms with Crippen molar-refractivity contribution >= 4 is 21.4 Å². The lowest BCUT2D eigenvalue weighted by molar-refractivity contribution is -0.387. The van der Waals surface area contributed by atoms with Crippen LogP contribution in [0, 0.1) is 10.1 Å². The SMILES string of the molecule is CCCCNc1ccc(S(N)(=O)=O)c([N+](=O)[O-])c1. The maximum Gasteiger partial charge on any atom is 0.291 e. The molecule has 0 heterocycles. The number of anilines is 1. The van der Waals surface area contributed by atoms with E-state index in [1.807, 2.05) is 6.92 Å². The molecule has 0 fully saturated rings. The third-order valence-electron chi connectivity index (χ3n) is 2.32. The van der Waals surface area contributed by atoms with Gasteiger partial charge in [0.15, 0.2) is 4.90 Å². The highest BCUT2D eigenvalue weighted by Crippen LogP contribution is 2.26. The van der Waals surface area contributed by atoms with Crippen molar-refractivity contribution in [2.75, 3.05) is 11.9 Å². The van der Waals surface area contributed by atoms with E-state index in [1.54, 1.807) is 0 Å². The molecule has 1 aromatic rings. The minimum Gasteiger partial charge on any atom is -0.385 e. The van der Waals surface area contributed by atoms with Gasteiger partial charge >= 0.3 is 0 Å². The van der Waals surface area contributed by atoms with E-state index in [4.69, 9.17) is 5.14 Å². The Hall–Kier alpha value is -1.67. The maximum absolute atomic E-state index is 11.2. The highest BCUT2D eigenvalue weighted by Gasteiger charge is 2.22. The lowest BCUT2D eigenvalue weighted by Gasteiger charge is -2.07. The molecule has 0 atom stereocenters. The van der Waals surface area contributed by atoms with E-state index in [1.165, 1.54) is 12.1 Å². The molecule has 0 aliphatic heterocycles. The Balaban J connectivity index is 3.08. The second kappa shape index (κ2) is 5.78. The first-order chi connectivity index (χ1) is 8.36. The minimum atomic E-state index is -4.09. The largest absolute Gasteiger partial charge is 0.385 e. The van der Waals surface area contributed by atoms with Gasteiger partial charge in [0.2, 0.25) is 10.0 Å². The fourth-order valence-corrected chi connectivity index (χ4v) is 2.10. The van der Waals surface area contributed by atoms with Crippen LogP contribution in [0.15, 0.2) is 23.1 Å². The average Bonchev–Trinajstić information content (AvgIpc) is 2.27. The Kier molecular flexibility index (Phi) is 4.62. The van der Waals surface area contributed by atoms with Gasteiger partial charge in [0, 0.05) is 18.3 Å². The summed E-state index contributed by atoms with van der Waals surface area (Å²) in [6, 6.07) is 3.78. The molecule has 0 aliphatic rings. The number of nitrogens with two attached hydrogens (primary N) is 1. The zero-order chi connectivity index (χ0) is 13.8. The molecular weight excluding hydrogens is 258 g/mol. The lowest BCUT2D eigenvalue weighted by Crippen LogP contribution is -2.14. The van der Waals surface area contributed by atoms with Gasteiger partial charge in [0.25, 0.3) is 5.69 Å². The average molecular weight is 273 g/mol. The van der Waals surface area contributed by atoms with E-state index in [0.29, 0.717) is 12.2 Å². The summed E-state index contributed by atoms with van der Waals surface area (Å²) >= 11 is 0. The highest BCUT2D eigenvalue weighted by atomic mass is 32.2. The smallest absolute Gasteiger partial charge is 0.291 e. The zero-order valence-corrected chi connectivity index (χ0v) is 10.7. The molecule has 18 heavy (non-hydrogen) atoms. The number of hydrogen-bond acceptors (Lipinski definition) is 5. The van der Waals surface area contributed by atoms with Gasteiger partial charge in [-0.15, -0.1) is 0 Å². The number of hydrogen-bond donors (Lipinski definition) is 2. The predicted molar refractivity (Wildman–Crippen MR) is 67.9 cm³/mol. The van der Waals surface area contributed by atoms with Gasteiger partial charge < -0.3 is 5.32 Å². The fraction of sp³-hybridized carbons (Fsp3) is 0.400. The molecule has 0 saturated heterocycles. The summed E-state index contributed by atoms with van der Waals surface area (Å²) in [7, 11) is -4.09. The number of nitro benzene ring substituents is 1. The lowest BCUT2D eigenvalue weighted by atomic mass is 10.2. The third-order valence-corrected chi connectivity index (χ3v) is 3.28. The van der Waals surface area contributed by atoms with Gasteiger partial charge in [-0.1, -0.05) is 13.3 Å². The molecule has 7 nitrogen and oxygen atoms in total. The zero-order valence-electron chi connectivity index (χ0n) is 9.92. The van der Waals surface area contributed by atoms with E-state index in [9.17, 15) is 18.5 Å². The van der Waals surface area contributed by atoms with Crippen LogP contribution in [0.25, 0.3) is 0 Å². The Morgan fingerprint density at radius 1 is 1.44 bits per heavy atom. The molecule has 0 unspecified atom stereocenters. The highest BCUT2D eigenvalue weighted by molar-refractivity contribution is 7.89. The van der Waals surface area contributed by atoms with Gasteiger partial charge in [-0.05, 0) is 18.6 Å². The van der Waals surface area contributed by atoms with Crippen molar-refractivity contribution in [2.45, 2.75) is 24.7 Å². The number of sulfonamides is 1. The van der Waals surface area contributed by atoms with Crippen LogP contribution >= 0.6 is 0 Å². The van der Waals surface area contributed by atoms with Crippen LogP contribution in [0.2, 0.25) is 0 Å². The number of benzene rings is 1.